The van der Waals surface area contributed by atoms with Crippen LogP contribution in [0.25, 0.3) is 6.08 Å². The zero-order chi connectivity index (χ0) is 24.4. The van der Waals surface area contributed by atoms with Gasteiger partial charge in [0, 0.05) is 0 Å². The molecule has 0 bridgehead atoms. The molecule has 176 valence electrons. The number of esters is 1. The molecule has 0 N–H and O–H groups in total. The molecule has 9 heteroatoms. The molecule has 7 nitrogen and oxygen atoms in total. The van der Waals surface area contributed by atoms with E-state index >= 15 is 0 Å². The van der Waals surface area contributed by atoms with Crippen molar-refractivity contribution in [3.8, 4) is 11.5 Å². The summed E-state index contributed by atoms with van der Waals surface area (Å²) in [7, 11) is 3.16. The summed E-state index contributed by atoms with van der Waals surface area (Å²) in [6.07, 6.45) is 1.80. The van der Waals surface area contributed by atoms with Crippen LogP contribution in [-0.2, 0) is 9.53 Å². The first-order valence-electron chi connectivity index (χ1n) is 10.6. The fourth-order valence-electron chi connectivity index (χ4n) is 3.91. The Kier molecular flexibility index (Phi) is 7.22. The summed E-state index contributed by atoms with van der Waals surface area (Å²) in [6.45, 7) is 3.76. The van der Waals surface area contributed by atoms with Crippen molar-refractivity contribution in [2.24, 2.45) is 4.99 Å². The Morgan fingerprint density at radius 1 is 1.21 bits per heavy atom. The number of carbonyl (C=O) groups is 1. The Balaban J connectivity index is 1.94. The lowest BCUT2D eigenvalue weighted by atomic mass is 9.96. The third kappa shape index (κ3) is 4.41. The van der Waals surface area contributed by atoms with Crippen LogP contribution in [-0.4, -0.2) is 31.4 Å². The number of methoxy groups -OCH3 is 2. The smallest absolute Gasteiger partial charge is 0.338 e. The third-order valence-corrected chi connectivity index (χ3v) is 7.17. The van der Waals surface area contributed by atoms with Crippen molar-refractivity contribution < 1.29 is 19.0 Å². The molecule has 1 aliphatic heterocycles. The van der Waals surface area contributed by atoms with Gasteiger partial charge in [0.15, 0.2) is 16.3 Å². The highest BCUT2D eigenvalue weighted by atomic mass is 127. The van der Waals surface area contributed by atoms with Gasteiger partial charge in [-0.05, 0) is 65.8 Å². The average Bonchev–Trinajstić information content (AvgIpc) is 3.12. The number of hydrogen-bond donors (Lipinski definition) is 0. The first kappa shape index (κ1) is 24.2. The first-order chi connectivity index (χ1) is 16.4. The van der Waals surface area contributed by atoms with E-state index in [1.165, 1.54) is 11.3 Å². The van der Waals surface area contributed by atoms with Gasteiger partial charge in [0.05, 0.1) is 46.2 Å². The fourth-order valence-corrected chi connectivity index (χ4v) is 5.81. The van der Waals surface area contributed by atoms with Gasteiger partial charge in [-0.1, -0.05) is 41.7 Å². The molecule has 0 fully saturated rings. The summed E-state index contributed by atoms with van der Waals surface area (Å²) in [5.41, 5.74) is 2.29. The minimum atomic E-state index is -0.621. The number of allylic oxidation sites excluding steroid dienone is 1. The number of rotatable bonds is 6. The van der Waals surface area contributed by atoms with Crippen LogP contribution in [0, 0.1) is 3.57 Å². The van der Waals surface area contributed by atoms with Crippen LogP contribution in [0.3, 0.4) is 0 Å². The second-order valence-electron chi connectivity index (χ2n) is 7.45. The van der Waals surface area contributed by atoms with Crippen LogP contribution in [0.15, 0.2) is 63.5 Å². The van der Waals surface area contributed by atoms with Gasteiger partial charge in [-0.3, -0.25) is 9.36 Å². The lowest BCUT2D eigenvalue weighted by Crippen LogP contribution is -2.39. The van der Waals surface area contributed by atoms with E-state index in [1.807, 2.05) is 42.5 Å². The molecular formula is C25H23IN2O5S. The molecule has 1 unspecified atom stereocenters. The predicted octanol–water partition coefficient (Wildman–Crippen LogP) is 3.42. The van der Waals surface area contributed by atoms with Crippen molar-refractivity contribution >= 4 is 46.0 Å². The van der Waals surface area contributed by atoms with Crippen LogP contribution < -0.4 is 24.4 Å². The maximum Gasteiger partial charge on any atom is 0.338 e. The Morgan fingerprint density at radius 3 is 2.59 bits per heavy atom. The highest BCUT2D eigenvalue weighted by Gasteiger charge is 2.33. The monoisotopic (exact) mass is 590 g/mol. The molecule has 2 heterocycles. The van der Waals surface area contributed by atoms with E-state index in [2.05, 4.69) is 27.6 Å². The molecule has 0 amide bonds. The summed E-state index contributed by atoms with van der Waals surface area (Å²) < 4.78 is 19.1. The Bertz CT molecular complexity index is 1460. The van der Waals surface area contributed by atoms with Gasteiger partial charge < -0.3 is 14.2 Å². The maximum absolute atomic E-state index is 13.6. The van der Waals surface area contributed by atoms with Gasteiger partial charge in [-0.25, -0.2) is 9.79 Å². The second kappa shape index (κ2) is 10.1. The van der Waals surface area contributed by atoms with Crippen molar-refractivity contribution in [1.82, 2.24) is 4.57 Å². The SMILES string of the molecule is CCOC(=O)C1=C(C)N=c2s/c(=C\c3cc(I)c(OC)c(OC)c3)c(=O)n2C1c1ccccc1. The Hall–Kier alpha value is -2.92. The predicted molar refractivity (Wildman–Crippen MR) is 139 cm³/mol. The Morgan fingerprint density at radius 2 is 1.94 bits per heavy atom. The summed E-state index contributed by atoms with van der Waals surface area (Å²) in [6, 6.07) is 12.6. The van der Waals surface area contributed by atoms with E-state index in [9.17, 15) is 9.59 Å². The summed E-state index contributed by atoms with van der Waals surface area (Å²) in [5, 5.41) is 0. The second-order valence-corrected chi connectivity index (χ2v) is 9.62. The van der Waals surface area contributed by atoms with E-state index in [4.69, 9.17) is 14.2 Å². The minimum Gasteiger partial charge on any atom is -0.493 e. The van der Waals surface area contributed by atoms with Crippen LogP contribution in [0.2, 0.25) is 0 Å². The lowest BCUT2D eigenvalue weighted by molar-refractivity contribution is -0.139. The highest BCUT2D eigenvalue weighted by molar-refractivity contribution is 14.1. The number of carbonyl (C=O) groups excluding carboxylic acids is 1. The summed E-state index contributed by atoms with van der Waals surface area (Å²) in [4.78, 5) is 31.7. The number of ether oxygens (including phenoxy) is 3. The van der Waals surface area contributed by atoms with Crippen molar-refractivity contribution in [2.75, 3.05) is 20.8 Å². The van der Waals surface area contributed by atoms with Crippen molar-refractivity contribution in [3.05, 3.63) is 88.1 Å². The van der Waals surface area contributed by atoms with Crippen molar-refractivity contribution in [3.63, 3.8) is 0 Å². The van der Waals surface area contributed by atoms with E-state index in [0.29, 0.717) is 32.1 Å². The molecular weight excluding hydrogens is 567 g/mol. The normalized spacial score (nSPS) is 15.6. The van der Waals surface area contributed by atoms with E-state index in [1.54, 1.807) is 38.7 Å². The van der Waals surface area contributed by atoms with Gasteiger partial charge in [0.2, 0.25) is 0 Å². The van der Waals surface area contributed by atoms with Crippen LogP contribution in [0.5, 0.6) is 11.5 Å². The van der Waals surface area contributed by atoms with Gasteiger partial charge >= 0.3 is 5.97 Å². The maximum atomic E-state index is 13.6. The van der Waals surface area contributed by atoms with Gasteiger partial charge in [0.25, 0.3) is 5.56 Å². The number of benzene rings is 2. The molecule has 34 heavy (non-hydrogen) atoms. The van der Waals surface area contributed by atoms with E-state index in [0.717, 1.165) is 14.7 Å². The summed E-state index contributed by atoms with van der Waals surface area (Å²) in [5.74, 6) is 0.748. The molecule has 1 atom stereocenters. The van der Waals surface area contributed by atoms with Crippen LogP contribution in [0.1, 0.15) is 31.0 Å². The fraction of sp³-hybridized carbons (Fsp3) is 0.240. The molecule has 2 aromatic carbocycles. The zero-order valence-corrected chi connectivity index (χ0v) is 22.1. The number of thiazole rings is 1. The zero-order valence-electron chi connectivity index (χ0n) is 19.1. The van der Waals surface area contributed by atoms with Crippen molar-refractivity contribution in [2.45, 2.75) is 19.9 Å². The number of aromatic nitrogens is 1. The molecule has 0 radical (unpaired) electrons. The quantitative estimate of drug-likeness (QED) is 0.325. The number of nitrogens with zero attached hydrogens (tertiary/aromatic N) is 2. The molecule has 3 aromatic rings. The number of halogens is 1. The summed E-state index contributed by atoms with van der Waals surface area (Å²) >= 11 is 3.46. The molecule has 0 aliphatic carbocycles. The largest absolute Gasteiger partial charge is 0.493 e. The molecule has 0 saturated carbocycles. The van der Waals surface area contributed by atoms with Gasteiger partial charge in [-0.2, -0.15) is 0 Å². The van der Waals surface area contributed by atoms with Crippen LogP contribution >= 0.6 is 33.9 Å². The number of fused-ring (bicyclic) bond motifs is 1. The highest BCUT2D eigenvalue weighted by Crippen LogP contribution is 2.34. The molecule has 4 rings (SSSR count). The molecule has 0 saturated heterocycles. The average molecular weight is 590 g/mol. The third-order valence-electron chi connectivity index (χ3n) is 5.39. The molecule has 0 spiro atoms. The van der Waals surface area contributed by atoms with Gasteiger partial charge in [0.1, 0.15) is 0 Å². The Labute approximate surface area is 214 Å². The van der Waals surface area contributed by atoms with Crippen molar-refractivity contribution in [1.29, 1.82) is 0 Å². The molecule has 1 aliphatic rings. The van der Waals surface area contributed by atoms with Crippen LogP contribution in [0.4, 0.5) is 0 Å². The number of hydrogen-bond acceptors (Lipinski definition) is 7. The van der Waals surface area contributed by atoms with E-state index < -0.39 is 12.0 Å². The first-order valence-corrected chi connectivity index (χ1v) is 12.4. The van der Waals surface area contributed by atoms with Gasteiger partial charge in [-0.15, -0.1) is 0 Å². The molecule has 1 aromatic heterocycles. The lowest BCUT2D eigenvalue weighted by Gasteiger charge is -2.24. The van der Waals surface area contributed by atoms with E-state index in [-0.39, 0.29) is 12.2 Å². The minimum absolute atomic E-state index is 0.225. The standard InChI is InChI=1S/C25H23IN2O5S/c1-5-33-24(30)20-14(2)27-25-28(21(20)16-9-7-6-8-10-16)23(29)19(34-25)13-15-11-17(26)22(32-4)18(12-15)31-3/h6-13,21H,5H2,1-4H3/b19-13-. The topological polar surface area (TPSA) is 79.1 Å².